The quantitative estimate of drug-likeness (QED) is 0.153. The minimum absolute atomic E-state index is 0.0370. The van der Waals surface area contributed by atoms with E-state index in [-0.39, 0.29) is 49.6 Å². The highest BCUT2D eigenvalue weighted by molar-refractivity contribution is 7.16. The van der Waals surface area contributed by atoms with Gasteiger partial charge in [-0.3, -0.25) is 14.5 Å². The molecule has 18 nitrogen and oxygen atoms in total. The lowest BCUT2D eigenvalue weighted by molar-refractivity contribution is 0.0264. The zero-order valence-corrected chi connectivity index (χ0v) is 45.3. The number of hydrogen-bond donors (Lipinski definition) is 1. The van der Waals surface area contributed by atoms with Crippen LogP contribution < -0.4 is 5.32 Å². The summed E-state index contributed by atoms with van der Waals surface area (Å²) < 4.78 is 20.6. The summed E-state index contributed by atoms with van der Waals surface area (Å²) in [7, 11) is 0. The van der Waals surface area contributed by atoms with E-state index in [0.29, 0.717) is 108 Å². The lowest BCUT2D eigenvalue weighted by Crippen LogP contribution is -2.56. The standard InChI is InChI=1S/C27H36ClN5O5S.C23H32ClN5O3S/c1-5-14-38-26(36)32-11-10-31(25(35)30-12-15-37-16-13-30)18-22(32)21-17-19(6-7-20-8-9-23(28)39-20)33(29-21)24(34)27(2,3)4;1-23(2,3)21(30)29-16(4-5-17-6-7-20(24)33-17)14-18(26-29)19-15-28(9-8-25-19)22(31)27-10-12-32-13-11-27/h5,8-9,17,22H,1,6-7,10-16,18H2,2-4H3;6-7,14,19,25H,4-5,8-13,15H2,1-3H3. The van der Waals surface area contributed by atoms with Gasteiger partial charge in [-0.1, -0.05) is 77.4 Å². The molecule has 0 aliphatic carbocycles. The first kappa shape index (κ1) is 54.9. The third kappa shape index (κ3) is 14.1. The molecule has 4 aromatic rings. The predicted molar refractivity (Wildman–Crippen MR) is 279 cm³/mol. The van der Waals surface area contributed by atoms with E-state index in [1.165, 1.54) is 27.0 Å². The van der Waals surface area contributed by atoms with Crippen molar-refractivity contribution in [2.24, 2.45) is 10.8 Å². The summed E-state index contributed by atoms with van der Waals surface area (Å²) >= 11 is 15.3. The van der Waals surface area contributed by atoms with Gasteiger partial charge >= 0.3 is 18.2 Å². The van der Waals surface area contributed by atoms with Crippen molar-refractivity contribution in [1.82, 2.24) is 49.4 Å². The molecule has 0 radical (unpaired) electrons. The Morgan fingerprint density at radius 1 is 0.681 bits per heavy atom. The number of halogens is 2. The van der Waals surface area contributed by atoms with Crippen molar-refractivity contribution < 1.29 is 38.2 Å². The molecule has 5 amide bonds. The van der Waals surface area contributed by atoms with Gasteiger partial charge in [0, 0.05) is 97.4 Å². The molecule has 2 atom stereocenters. The van der Waals surface area contributed by atoms with Gasteiger partial charge in [0.2, 0.25) is 0 Å². The molecule has 4 fully saturated rings. The van der Waals surface area contributed by atoms with Crippen molar-refractivity contribution in [3.8, 4) is 0 Å². The molecule has 392 valence electrons. The van der Waals surface area contributed by atoms with E-state index in [1.807, 2.05) is 87.7 Å². The van der Waals surface area contributed by atoms with E-state index in [1.54, 1.807) is 30.7 Å². The molecule has 4 aromatic heterocycles. The van der Waals surface area contributed by atoms with E-state index in [9.17, 15) is 24.0 Å². The maximum Gasteiger partial charge on any atom is 0.410 e. The lowest BCUT2D eigenvalue weighted by Gasteiger charge is -2.42. The molecular weight excluding hydrogens is 1000 g/mol. The van der Waals surface area contributed by atoms with Crippen LogP contribution in [0, 0.1) is 10.8 Å². The molecule has 1 N–H and O–H groups in total. The minimum Gasteiger partial charge on any atom is -0.445 e. The number of rotatable bonds is 10. The number of aryl methyl sites for hydroxylation is 4. The molecular formula is C50H68Cl2N10O8S2. The Hall–Kier alpha value is -4.83. The summed E-state index contributed by atoms with van der Waals surface area (Å²) in [6.45, 7) is 22.2. The number of aromatic nitrogens is 4. The third-order valence-corrected chi connectivity index (χ3v) is 15.3. The Morgan fingerprint density at radius 2 is 1.17 bits per heavy atom. The minimum atomic E-state index is -0.669. The summed E-state index contributed by atoms with van der Waals surface area (Å²) in [6.07, 6.45) is 3.74. The summed E-state index contributed by atoms with van der Waals surface area (Å²) in [5.74, 6) is -0.184. The SMILES string of the molecule is C=CCOC(=O)N1CCN(C(=O)N2CCOCC2)CC1c1cc(CCc2ccc(Cl)s2)n(C(=O)C(C)(C)C)n1.CC(C)(C)C(=O)n1nc(C2CN(C(=O)N3CCOCC3)CCN2)cc1CCc1ccc(Cl)s1. The summed E-state index contributed by atoms with van der Waals surface area (Å²) in [4.78, 5) is 77.0. The zero-order chi connectivity index (χ0) is 51.7. The number of ether oxygens (including phenoxy) is 3. The normalized spacial score (nSPS) is 18.9. The van der Waals surface area contributed by atoms with Gasteiger partial charge in [-0.05, 0) is 62.1 Å². The molecule has 0 saturated carbocycles. The van der Waals surface area contributed by atoms with Crippen LogP contribution in [0.2, 0.25) is 8.67 Å². The Bertz CT molecular complexity index is 2530. The number of amides is 5. The molecule has 0 bridgehead atoms. The van der Waals surface area contributed by atoms with Crippen LogP contribution in [0.1, 0.15) is 95.7 Å². The Labute approximate surface area is 440 Å². The van der Waals surface area contributed by atoms with Crippen LogP contribution in [-0.4, -0.2) is 173 Å². The van der Waals surface area contributed by atoms with Gasteiger partial charge in [-0.2, -0.15) is 10.2 Å². The lowest BCUT2D eigenvalue weighted by atomic mass is 9.95. The van der Waals surface area contributed by atoms with Gasteiger partial charge in [0.25, 0.3) is 11.8 Å². The largest absolute Gasteiger partial charge is 0.445 e. The first-order chi connectivity index (χ1) is 34.3. The van der Waals surface area contributed by atoms with Gasteiger partial charge < -0.3 is 39.1 Å². The van der Waals surface area contributed by atoms with Crippen molar-refractivity contribution in [2.75, 3.05) is 98.5 Å². The highest BCUT2D eigenvalue weighted by Crippen LogP contribution is 2.31. The first-order valence-electron chi connectivity index (χ1n) is 24.6. The Morgan fingerprint density at radius 3 is 1.64 bits per heavy atom. The molecule has 4 aliphatic rings. The number of hydrogen-bond acceptors (Lipinski definition) is 13. The van der Waals surface area contributed by atoms with Gasteiger partial charge in [0.15, 0.2) is 0 Å². The van der Waals surface area contributed by atoms with E-state index in [4.69, 9.17) is 47.6 Å². The summed E-state index contributed by atoms with van der Waals surface area (Å²) in [5.41, 5.74) is 1.74. The van der Waals surface area contributed by atoms with Crippen molar-refractivity contribution in [2.45, 2.75) is 79.3 Å². The second-order valence-electron chi connectivity index (χ2n) is 20.2. The molecule has 72 heavy (non-hydrogen) atoms. The number of thiophene rings is 2. The van der Waals surface area contributed by atoms with Crippen LogP contribution in [-0.2, 0) is 39.9 Å². The molecule has 0 spiro atoms. The molecule has 8 heterocycles. The van der Waals surface area contributed by atoms with Crippen LogP contribution >= 0.6 is 45.9 Å². The van der Waals surface area contributed by atoms with Crippen molar-refractivity contribution >= 4 is 75.8 Å². The second-order valence-corrected chi connectivity index (χ2v) is 23.8. The van der Waals surface area contributed by atoms with Crippen molar-refractivity contribution in [3.63, 3.8) is 0 Å². The zero-order valence-electron chi connectivity index (χ0n) is 42.2. The number of morpholine rings is 2. The van der Waals surface area contributed by atoms with Crippen LogP contribution in [0.4, 0.5) is 14.4 Å². The smallest absolute Gasteiger partial charge is 0.410 e. The molecule has 22 heteroatoms. The highest BCUT2D eigenvalue weighted by atomic mass is 35.5. The van der Waals surface area contributed by atoms with Crippen LogP contribution in [0.25, 0.3) is 0 Å². The monoisotopic (exact) mass is 1070 g/mol. The van der Waals surface area contributed by atoms with Crippen LogP contribution in [0.5, 0.6) is 0 Å². The maximum absolute atomic E-state index is 13.4. The molecule has 8 rings (SSSR count). The second kappa shape index (κ2) is 24.5. The Kier molecular flexibility index (Phi) is 18.7. The number of piperazine rings is 2. The molecule has 2 unspecified atom stereocenters. The summed E-state index contributed by atoms with van der Waals surface area (Å²) in [6, 6.07) is 10.9. The third-order valence-electron chi connectivity index (χ3n) is 12.7. The highest BCUT2D eigenvalue weighted by Gasteiger charge is 2.39. The van der Waals surface area contributed by atoms with E-state index in [0.717, 1.165) is 32.7 Å². The van der Waals surface area contributed by atoms with E-state index >= 15 is 0 Å². The van der Waals surface area contributed by atoms with E-state index < -0.39 is 23.0 Å². The van der Waals surface area contributed by atoms with Gasteiger partial charge in [-0.15, -0.1) is 22.7 Å². The van der Waals surface area contributed by atoms with E-state index in [2.05, 4.69) is 11.9 Å². The topological polar surface area (TPSA) is 177 Å². The number of carbonyl (C=O) groups excluding carboxylic acids is 5. The number of nitrogens with one attached hydrogen (secondary N) is 1. The van der Waals surface area contributed by atoms with Gasteiger partial charge in [-0.25, -0.2) is 23.7 Å². The van der Waals surface area contributed by atoms with Crippen LogP contribution in [0.3, 0.4) is 0 Å². The molecule has 4 saturated heterocycles. The molecule has 4 aliphatic heterocycles. The molecule has 0 aromatic carbocycles. The number of carbonyl (C=O) groups is 5. The Balaban J connectivity index is 0.000000214. The predicted octanol–water partition coefficient (Wildman–Crippen LogP) is 7.97. The fourth-order valence-corrected chi connectivity index (χ4v) is 10.9. The summed E-state index contributed by atoms with van der Waals surface area (Å²) in [5, 5.41) is 13.0. The number of urea groups is 2. The maximum atomic E-state index is 13.4. The number of nitrogens with zero attached hydrogens (tertiary/aromatic N) is 9. The average Bonchev–Trinajstić information content (AvgIpc) is 4.20. The van der Waals surface area contributed by atoms with Gasteiger partial charge in [0.05, 0.1) is 58.6 Å². The fourth-order valence-electron chi connectivity index (χ4n) is 8.70. The van der Waals surface area contributed by atoms with Crippen LogP contribution in [0.15, 0.2) is 49.1 Å². The fraction of sp³-hybridized carbons (Fsp3) is 0.580. The first-order valence-corrected chi connectivity index (χ1v) is 27.0. The van der Waals surface area contributed by atoms with Gasteiger partial charge in [0.1, 0.15) is 6.61 Å². The van der Waals surface area contributed by atoms with Crippen molar-refractivity contribution in [1.29, 1.82) is 0 Å². The average molecular weight is 1070 g/mol. The van der Waals surface area contributed by atoms with Crippen molar-refractivity contribution in [3.05, 3.63) is 90.3 Å².